The highest BCUT2D eigenvalue weighted by Crippen LogP contribution is 2.39. The lowest BCUT2D eigenvalue weighted by molar-refractivity contribution is 0.0978. The van der Waals surface area contributed by atoms with Crippen LogP contribution >= 0.6 is 23.2 Å². The molecule has 2 aromatic carbocycles. The van der Waals surface area contributed by atoms with E-state index in [9.17, 15) is 4.79 Å². The van der Waals surface area contributed by atoms with Gasteiger partial charge in [0.15, 0.2) is 17.2 Å². The van der Waals surface area contributed by atoms with Crippen LogP contribution in [0.25, 0.3) is 16.9 Å². The number of ketones is 1. The highest BCUT2D eigenvalue weighted by molar-refractivity contribution is 6.32. The summed E-state index contributed by atoms with van der Waals surface area (Å²) in [6.45, 7) is 0.480. The van der Waals surface area contributed by atoms with Crippen molar-refractivity contribution in [3.63, 3.8) is 0 Å². The predicted molar refractivity (Wildman–Crippen MR) is 98.1 cm³/mol. The third-order valence-electron chi connectivity index (χ3n) is 4.10. The zero-order valence-electron chi connectivity index (χ0n) is 13.2. The molecule has 0 spiro atoms. The Kier molecular flexibility index (Phi) is 4.24. The minimum absolute atomic E-state index is 0.0199. The minimum Gasteiger partial charge on any atom is -0.489 e. The van der Waals surface area contributed by atoms with E-state index in [1.807, 2.05) is 30.3 Å². The van der Waals surface area contributed by atoms with Crippen LogP contribution in [0.15, 0.2) is 48.5 Å². The van der Waals surface area contributed by atoms with Crippen LogP contribution in [0, 0.1) is 0 Å². The first-order chi connectivity index (χ1) is 12.1. The number of hydrogen-bond donors (Lipinski definition) is 0. The van der Waals surface area contributed by atoms with Crippen molar-refractivity contribution in [2.45, 2.75) is 12.8 Å². The second-order valence-electron chi connectivity index (χ2n) is 5.77. The number of benzene rings is 2. The molecule has 0 saturated heterocycles. The molecule has 0 aliphatic carbocycles. The second kappa shape index (κ2) is 6.54. The molecule has 6 heteroatoms. The Labute approximate surface area is 154 Å². The number of rotatable bonds is 2. The maximum Gasteiger partial charge on any atom is 0.187 e. The fourth-order valence-electron chi connectivity index (χ4n) is 2.91. The fourth-order valence-corrected chi connectivity index (χ4v) is 3.25. The zero-order valence-corrected chi connectivity index (χ0v) is 14.7. The molecule has 4 rings (SSSR count). The van der Waals surface area contributed by atoms with Gasteiger partial charge in [0.2, 0.25) is 0 Å². The third-order valence-corrected chi connectivity index (χ3v) is 4.67. The molecule has 0 saturated carbocycles. The summed E-state index contributed by atoms with van der Waals surface area (Å²) in [6.07, 6.45) is 1.11. The normalized spacial score (nSPS) is 13.9. The number of hydrogen-bond acceptors (Lipinski definition) is 3. The number of fused-ring (bicyclic) bond motifs is 1. The van der Waals surface area contributed by atoms with Crippen molar-refractivity contribution in [3.8, 4) is 22.7 Å². The maximum absolute atomic E-state index is 12.5. The molecule has 1 aromatic heterocycles. The first-order valence-corrected chi connectivity index (χ1v) is 8.70. The summed E-state index contributed by atoms with van der Waals surface area (Å²) in [6, 6.07) is 14.7. The van der Waals surface area contributed by atoms with E-state index in [0.29, 0.717) is 52.3 Å². The smallest absolute Gasteiger partial charge is 0.187 e. The molecule has 0 atom stereocenters. The van der Waals surface area contributed by atoms with E-state index in [2.05, 4.69) is 5.10 Å². The molecule has 0 fully saturated rings. The molecule has 3 aromatic rings. The lowest BCUT2D eigenvalue weighted by atomic mass is 10.1. The maximum atomic E-state index is 12.5. The molecule has 25 heavy (non-hydrogen) atoms. The standard InChI is InChI=1S/C19H14Cl2N2O2/c20-13-9-7-12(8-10-13)18-19-17(16(24)6-3-11-25-19)22-23(18)15-5-2-1-4-14(15)21/h1-2,4-5,7-10H,3,6,11H2. The van der Waals surface area contributed by atoms with Gasteiger partial charge in [-0.3, -0.25) is 4.79 Å². The van der Waals surface area contributed by atoms with Crippen molar-refractivity contribution in [1.29, 1.82) is 0 Å². The second-order valence-corrected chi connectivity index (χ2v) is 6.62. The summed E-state index contributed by atoms with van der Waals surface area (Å²) in [4.78, 5) is 12.5. The summed E-state index contributed by atoms with van der Waals surface area (Å²) in [5.74, 6) is 0.484. The molecule has 126 valence electrons. The summed E-state index contributed by atoms with van der Waals surface area (Å²) < 4.78 is 7.58. The lowest BCUT2D eigenvalue weighted by Crippen LogP contribution is -2.04. The lowest BCUT2D eigenvalue weighted by Gasteiger charge is -2.11. The van der Waals surface area contributed by atoms with Gasteiger partial charge in [-0.05, 0) is 30.7 Å². The monoisotopic (exact) mass is 372 g/mol. The van der Waals surface area contributed by atoms with Crippen LogP contribution in [0.5, 0.6) is 5.75 Å². The number of para-hydroxylation sites is 1. The van der Waals surface area contributed by atoms with Crippen molar-refractivity contribution in [2.24, 2.45) is 0 Å². The number of carbonyl (C=O) groups excluding carboxylic acids is 1. The number of Topliss-reactive ketones (excluding diaryl/α,β-unsaturated/α-hetero) is 1. The first-order valence-electron chi connectivity index (χ1n) is 7.95. The number of ether oxygens (including phenoxy) is 1. The largest absolute Gasteiger partial charge is 0.489 e. The molecule has 0 N–H and O–H groups in total. The summed E-state index contributed by atoms with van der Waals surface area (Å²) >= 11 is 12.4. The van der Waals surface area contributed by atoms with E-state index < -0.39 is 0 Å². The van der Waals surface area contributed by atoms with Crippen LogP contribution in [0.2, 0.25) is 10.0 Å². The Morgan fingerprint density at radius 2 is 1.80 bits per heavy atom. The van der Waals surface area contributed by atoms with E-state index in [1.54, 1.807) is 22.9 Å². The SMILES string of the molecule is O=C1CCCOc2c1nn(-c1ccccc1Cl)c2-c1ccc(Cl)cc1. The highest BCUT2D eigenvalue weighted by Gasteiger charge is 2.28. The van der Waals surface area contributed by atoms with Gasteiger partial charge in [-0.25, -0.2) is 4.68 Å². The van der Waals surface area contributed by atoms with Crippen molar-refractivity contribution in [3.05, 3.63) is 64.3 Å². The van der Waals surface area contributed by atoms with Gasteiger partial charge < -0.3 is 4.74 Å². The predicted octanol–water partition coefficient (Wildman–Crippen LogP) is 5.20. The molecular weight excluding hydrogens is 359 g/mol. The van der Waals surface area contributed by atoms with Crippen LogP contribution in [0.4, 0.5) is 0 Å². The number of halogens is 2. The van der Waals surface area contributed by atoms with Crippen LogP contribution in [0.3, 0.4) is 0 Å². The molecule has 0 radical (unpaired) electrons. The van der Waals surface area contributed by atoms with Gasteiger partial charge in [0.25, 0.3) is 0 Å². The Bertz CT molecular complexity index is 949. The molecule has 1 aliphatic rings. The van der Waals surface area contributed by atoms with Crippen molar-refractivity contribution >= 4 is 29.0 Å². The fraction of sp³-hybridized carbons (Fsp3) is 0.158. The van der Waals surface area contributed by atoms with E-state index in [-0.39, 0.29) is 5.78 Å². The number of aromatic nitrogens is 2. The van der Waals surface area contributed by atoms with Gasteiger partial charge in [-0.15, -0.1) is 0 Å². The van der Waals surface area contributed by atoms with E-state index in [4.69, 9.17) is 27.9 Å². The molecule has 0 amide bonds. The van der Waals surface area contributed by atoms with Gasteiger partial charge in [0, 0.05) is 17.0 Å². The Morgan fingerprint density at radius 3 is 2.56 bits per heavy atom. The zero-order chi connectivity index (χ0) is 17.4. The summed E-state index contributed by atoms with van der Waals surface area (Å²) in [5, 5.41) is 5.73. The quantitative estimate of drug-likeness (QED) is 0.620. The van der Waals surface area contributed by atoms with Crippen LogP contribution in [0.1, 0.15) is 23.3 Å². The van der Waals surface area contributed by atoms with Crippen LogP contribution in [-0.2, 0) is 0 Å². The third kappa shape index (κ3) is 2.92. The Morgan fingerprint density at radius 1 is 1.04 bits per heavy atom. The Balaban J connectivity index is 2.01. The molecule has 0 bridgehead atoms. The van der Waals surface area contributed by atoms with E-state index in [0.717, 1.165) is 5.56 Å². The van der Waals surface area contributed by atoms with Crippen molar-refractivity contribution in [1.82, 2.24) is 9.78 Å². The topological polar surface area (TPSA) is 44.1 Å². The van der Waals surface area contributed by atoms with Gasteiger partial charge >= 0.3 is 0 Å². The molecule has 2 heterocycles. The molecule has 0 unspecified atom stereocenters. The Hall–Kier alpha value is -2.30. The molecular formula is C19H14Cl2N2O2. The molecule has 1 aliphatic heterocycles. The van der Waals surface area contributed by atoms with E-state index in [1.165, 1.54) is 0 Å². The van der Waals surface area contributed by atoms with Crippen LogP contribution in [-0.4, -0.2) is 22.2 Å². The summed E-state index contributed by atoms with van der Waals surface area (Å²) in [5.41, 5.74) is 2.60. The van der Waals surface area contributed by atoms with E-state index >= 15 is 0 Å². The van der Waals surface area contributed by atoms with Crippen molar-refractivity contribution in [2.75, 3.05) is 6.61 Å². The summed E-state index contributed by atoms with van der Waals surface area (Å²) in [7, 11) is 0. The van der Waals surface area contributed by atoms with Gasteiger partial charge in [0.1, 0.15) is 5.69 Å². The first kappa shape index (κ1) is 16.2. The minimum atomic E-state index is -0.0199. The average Bonchev–Trinajstić information content (AvgIpc) is 2.89. The molecule has 4 nitrogen and oxygen atoms in total. The van der Waals surface area contributed by atoms with Crippen molar-refractivity contribution < 1.29 is 9.53 Å². The number of nitrogens with zero attached hydrogens (tertiary/aromatic N) is 2. The number of carbonyl (C=O) groups is 1. The van der Waals surface area contributed by atoms with Gasteiger partial charge in [0.05, 0.1) is 17.3 Å². The van der Waals surface area contributed by atoms with Gasteiger partial charge in [-0.1, -0.05) is 47.5 Å². The average molecular weight is 373 g/mol. The van der Waals surface area contributed by atoms with Crippen LogP contribution < -0.4 is 4.74 Å². The van der Waals surface area contributed by atoms with Gasteiger partial charge in [-0.2, -0.15) is 5.10 Å². The highest BCUT2D eigenvalue weighted by atomic mass is 35.5.